The second-order valence-corrected chi connectivity index (χ2v) is 4.20. The zero-order valence-electron chi connectivity index (χ0n) is 11.1. The molecule has 0 heterocycles. The van der Waals surface area contributed by atoms with Crippen molar-refractivity contribution in [1.82, 2.24) is 5.32 Å². The maximum absolute atomic E-state index is 5.70. The molecule has 1 saturated carbocycles. The summed E-state index contributed by atoms with van der Waals surface area (Å²) >= 11 is 0. The second-order valence-electron chi connectivity index (χ2n) is 4.20. The van der Waals surface area contributed by atoms with E-state index in [9.17, 15) is 0 Å². The Morgan fingerprint density at radius 2 is 1.94 bits per heavy atom. The van der Waals surface area contributed by atoms with E-state index in [0.717, 1.165) is 26.1 Å². The smallest absolute Gasteiger partial charge is 0.0986 e. The van der Waals surface area contributed by atoms with Gasteiger partial charge in [0.25, 0.3) is 0 Å². The van der Waals surface area contributed by atoms with E-state index in [4.69, 9.17) is 18.9 Å². The highest BCUT2D eigenvalue weighted by Gasteiger charge is 2.41. The number of hydrogen-bond acceptors (Lipinski definition) is 5. The summed E-state index contributed by atoms with van der Waals surface area (Å²) in [5.74, 6) is 0. The minimum absolute atomic E-state index is 0.175. The molecule has 5 heteroatoms. The number of methoxy groups -OCH3 is 2. The number of likely N-dealkylation sites (N-methyl/N-ethyl adjacent to an activating group) is 1. The zero-order chi connectivity index (χ0) is 12.5. The number of hydrogen-bond donors (Lipinski definition) is 1. The van der Waals surface area contributed by atoms with Crippen molar-refractivity contribution in [2.45, 2.75) is 31.1 Å². The molecular weight excluding hydrogens is 222 g/mol. The topological polar surface area (TPSA) is 49.0 Å². The summed E-state index contributed by atoms with van der Waals surface area (Å²) in [7, 11) is 5.38. The van der Waals surface area contributed by atoms with E-state index < -0.39 is 0 Å². The van der Waals surface area contributed by atoms with Crippen LogP contribution in [0, 0.1) is 0 Å². The fraction of sp³-hybridized carbons (Fsp3) is 1.00. The second kappa shape index (κ2) is 8.83. The first-order valence-corrected chi connectivity index (χ1v) is 6.21. The Hall–Kier alpha value is -0.200. The van der Waals surface area contributed by atoms with Crippen LogP contribution in [0.2, 0.25) is 0 Å². The van der Waals surface area contributed by atoms with Crippen molar-refractivity contribution in [3.63, 3.8) is 0 Å². The summed E-state index contributed by atoms with van der Waals surface area (Å²) in [6.45, 7) is 2.75. The highest BCUT2D eigenvalue weighted by atomic mass is 16.6. The van der Waals surface area contributed by atoms with E-state index in [1.165, 1.54) is 0 Å². The van der Waals surface area contributed by atoms with Gasteiger partial charge in [-0.1, -0.05) is 0 Å². The Labute approximate surface area is 104 Å². The number of nitrogens with one attached hydrogen (secondary N) is 1. The van der Waals surface area contributed by atoms with Crippen molar-refractivity contribution in [3.8, 4) is 0 Å². The Morgan fingerprint density at radius 1 is 1.12 bits per heavy atom. The first-order valence-electron chi connectivity index (χ1n) is 6.21. The Bertz CT molecular complexity index is 191. The van der Waals surface area contributed by atoms with Gasteiger partial charge in [0.2, 0.25) is 0 Å². The third kappa shape index (κ3) is 4.89. The lowest BCUT2D eigenvalue weighted by molar-refractivity contribution is -0.139. The quantitative estimate of drug-likeness (QED) is 0.567. The van der Waals surface area contributed by atoms with E-state index in [2.05, 4.69) is 5.32 Å². The van der Waals surface area contributed by atoms with Crippen LogP contribution < -0.4 is 5.32 Å². The van der Waals surface area contributed by atoms with Crippen LogP contribution in [0.25, 0.3) is 0 Å². The highest BCUT2D eigenvalue weighted by Crippen LogP contribution is 2.26. The van der Waals surface area contributed by atoms with Gasteiger partial charge in [-0.2, -0.15) is 0 Å². The van der Waals surface area contributed by atoms with Crippen LogP contribution >= 0.6 is 0 Å². The van der Waals surface area contributed by atoms with Gasteiger partial charge in [-0.25, -0.2) is 0 Å². The molecule has 0 saturated heterocycles. The molecule has 0 spiro atoms. The van der Waals surface area contributed by atoms with Gasteiger partial charge in [0.05, 0.1) is 25.4 Å². The van der Waals surface area contributed by atoms with E-state index >= 15 is 0 Å². The maximum Gasteiger partial charge on any atom is 0.0986 e. The average molecular weight is 247 g/mol. The summed E-state index contributed by atoms with van der Waals surface area (Å²) in [4.78, 5) is 0. The fourth-order valence-electron chi connectivity index (χ4n) is 2.01. The van der Waals surface area contributed by atoms with Gasteiger partial charge < -0.3 is 24.3 Å². The third-order valence-corrected chi connectivity index (χ3v) is 3.09. The molecule has 0 amide bonds. The molecule has 0 radical (unpaired) electrons. The molecule has 0 aromatic carbocycles. The lowest BCUT2D eigenvalue weighted by Gasteiger charge is -2.43. The van der Waals surface area contributed by atoms with Gasteiger partial charge in [-0.15, -0.1) is 0 Å². The first-order chi connectivity index (χ1) is 8.33. The van der Waals surface area contributed by atoms with Crippen LogP contribution in [-0.2, 0) is 18.9 Å². The van der Waals surface area contributed by atoms with E-state index in [0.29, 0.717) is 19.3 Å². The molecule has 1 aliphatic carbocycles. The Morgan fingerprint density at radius 3 is 2.59 bits per heavy atom. The largest absolute Gasteiger partial charge is 0.385 e. The van der Waals surface area contributed by atoms with Crippen molar-refractivity contribution in [3.05, 3.63) is 0 Å². The van der Waals surface area contributed by atoms with Gasteiger partial charge in [0, 0.05) is 33.5 Å². The van der Waals surface area contributed by atoms with Crippen LogP contribution in [0.15, 0.2) is 0 Å². The Balaban J connectivity index is 1.93. The number of rotatable bonds is 10. The van der Waals surface area contributed by atoms with Gasteiger partial charge in [-0.05, 0) is 19.9 Å². The summed E-state index contributed by atoms with van der Waals surface area (Å²) in [6, 6.07) is 0.424. The molecule has 0 aliphatic heterocycles. The van der Waals surface area contributed by atoms with Crippen LogP contribution in [-0.4, -0.2) is 65.9 Å². The first kappa shape index (κ1) is 14.9. The lowest BCUT2D eigenvalue weighted by Crippen LogP contribution is -2.59. The van der Waals surface area contributed by atoms with E-state index in [1.54, 1.807) is 14.2 Å². The minimum Gasteiger partial charge on any atom is -0.385 e. The monoisotopic (exact) mass is 247 g/mol. The van der Waals surface area contributed by atoms with Crippen LogP contribution in [0.1, 0.15) is 12.8 Å². The van der Waals surface area contributed by atoms with Crippen LogP contribution in [0.3, 0.4) is 0 Å². The maximum atomic E-state index is 5.70. The van der Waals surface area contributed by atoms with Crippen molar-refractivity contribution >= 4 is 0 Å². The van der Waals surface area contributed by atoms with Crippen molar-refractivity contribution in [1.29, 1.82) is 0 Å². The van der Waals surface area contributed by atoms with Crippen molar-refractivity contribution in [2.75, 3.05) is 47.7 Å². The van der Waals surface area contributed by atoms with Crippen LogP contribution in [0.5, 0.6) is 0 Å². The van der Waals surface area contributed by atoms with Crippen LogP contribution in [0.4, 0.5) is 0 Å². The predicted molar refractivity (Wildman–Crippen MR) is 65.3 cm³/mol. The molecule has 3 atom stereocenters. The highest BCUT2D eigenvalue weighted by molar-refractivity contribution is 4.96. The average Bonchev–Trinajstić information content (AvgIpc) is 2.31. The standard InChI is InChI=1S/C12H25NO4/c1-13-10-9-11(12(10)15-3)17-8-7-16-6-4-5-14-2/h10-13H,4-9H2,1-3H3. The van der Waals surface area contributed by atoms with Gasteiger partial charge in [-0.3, -0.25) is 0 Å². The molecule has 17 heavy (non-hydrogen) atoms. The summed E-state index contributed by atoms with van der Waals surface area (Å²) in [5, 5.41) is 3.21. The molecule has 3 unspecified atom stereocenters. The van der Waals surface area contributed by atoms with E-state index in [1.807, 2.05) is 7.05 Å². The van der Waals surface area contributed by atoms with Crippen molar-refractivity contribution in [2.24, 2.45) is 0 Å². The molecule has 0 aromatic rings. The molecule has 1 fully saturated rings. The van der Waals surface area contributed by atoms with Gasteiger partial charge >= 0.3 is 0 Å². The molecule has 1 rings (SSSR count). The van der Waals surface area contributed by atoms with Gasteiger partial charge in [0.1, 0.15) is 0 Å². The molecule has 0 aromatic heterocycles. The van der Waals surface area contributed by atoms with E-state index in [-0.39, 0.29) is 12.2 Å². The fourth-order valence-corrected chi connectivity index (χ4v) is 2.01. The summed E-state index contributed by atoms with van der Waals surface area (Å²) in [6.07, 6.45) is 2.33. The molecule has 5 nitrogen and oxygen atoms in total. The SMILES string of the molecule is CNC1CC(OCCOCCCOC)C1OC. The molecular formula is C12H25NO4. The minimum atomic E-state index is 0.175. The normalized spacial score (nSPS) is 28.1. The number of ether oxygens (including phenoxy) is 4. The zero-order valence-corrected chi connectivity index (χ0v) is 11.1. The molecule has 0 bridgehead atoms. The summed E-state index contributed by atoms with van der Waals surface area (Å²) in [5.41, 5.74) is 0. The van der Waals surface area contributed by atoms with Crippen molar-refractivity contribution < 1.29 is 18.9 Å². The molecule has 1 N–H and O–H groups in total. The third-order valence-electron chi connectivity index (χ3n) is 3.09. The lowest BCUT2D eigenvalue weighted by atomic mass is 9.85. The predicted octanol–water partition coefficient (Wildman–Crippen LogP) is 0.431. The Kier molecular flexibility index (Phi) is 7.72. The van der Waals surface area contributed by atoms with Gasteiger partial charge in [0.15, 0.2) is 0 Å². The molecule has 1 aliphatic rings. The summed E-state index contributed by atoms with van der Waals surface area (Å²) < 4.78 is 21.4. The molecule has 102 valence electrons.